The number of para-hydroxylation sites is 1. The van der Waals surface area contributed by atoms with Gasteiger partial charge in [0, 0.05) is 0 Å². The summed E-state index contributed by atoms with van der Waals surface area (Å²) in [6.07, 6.45) is -0.360. The summed E-state index contributed by atoms with van der Waals surface area (Å²) in [6, 6.07) is 7.67. The van der Waals surface area contributed by atoms with Crippen LogP contribution in [0.5, 0.6) is 5.75 Å². The Bertz CT molecular complexity index is 310. The van der Waals surface area contributed by atoms with Crippen molar-refractivity contribution < 1.29 is 4.74 Å². The normalized spacial score (nSPS) is 12.2. The van der Waals surface area contributed by atoms with Crippen LogP contribution in [0.2, 0.25) is 0 Å². The zero-order valence-corrected chi connectivity index (χ0v) is 7.87. The molecular formula is C10H14N2O. The first-order valence-electron chi connectivity index (χ1n) is 4.17. The molecule has 0 aromatic heterocycles. The van der Waals surface area contributed by atoms with Crippen molar-refractivity contribution in [2.45, 2.75) is 20.0 Å². The molecule has 1 atom stereocenters. The van der Waals surface area contributed by atoms with Gasteiger partial charge in [-0.3, -0.25) is 5.41 Å². The molecule has 0 aliphatic heterocycles. The van der Waals surface area contributed by atoms with Gasteiger partial charge in [-0.15, -0.1) is 0 Å². The van der Waals surface area contributed by atoms with Gasteiger partial charge < -0.3 is 10.5 Å². The van der Waals surface area contributed by atoms with Gasteiger partial charge in [-0.05, 0) is 25.5 Å². The van der Waals surface area contributed by atoms with Crippen LogP contribution in [0.15, 0.2) is 24.3 Å². The second kappa shape index (κ2) is 3.94. The monoisotopic (exact) mass is 178 g/mol. The highest BCUT2D eigenvalue weighted by molar-refractivity contribution is 5.81. The maximum absolute atomic E-state index is 7.17. The number of nitrogens with two attached hydrogens (primary N) is 1. The fraction of sp³-hybridized carbons (Fsp3) is 0.300. The SMILES string of the molecule is Cc1ccccc1OC(C)C(=N)N. The third kappa shape index (κ3) is 2.47. The molecule has 0 saturated carbocycles. The first kappa shape index (κ1) is 9.58. The molecule has 0 saturated heterocycles. The summed E-state index contributed by atoms with van der Waals surface area (Å²) in [4.78, 5) is 0. The molecule has 13 heavy (non-hydrogen) atoms. The molecule has 0 bridgehead atoms. The molecule has 1 aromatic rings. The molecular weight excluding hydrogens is 164 g/mol. The quantitative estimate of drug-likeness (QED) is 0.546. The average molecular weight is 178 g/mol. The molecule has 1 aromatic carbocycles. The number of rotatable bonds is 3. The summed E-state index contributed by atoms with van der Waals surface area (Å²) >= 11 is 0. The lowest BCUT2D eigenvalue weighted by Crippen LogP contribution is -2.30. The second-order valence-electron chi connectivity index (χ2n) is 2.98. The van der Waals surface area contributed by atoms with Gasteiger partial charge in [0.2, 0.25) is 0 Å². The van der Waals surface area contributed by atoms with E-state index in [0.717, 1.165) is 11.3 Å². The van der Waals surface area contributed by atoms with Crippen LogP contribution >= 0.6 is 0 Å². The Morgan fingerprint density at radius 2 is 2.08 bits per heavy atom. The van der Waals surface area contributed by atoms with Crippen LogP contribution in [0.1, 0.15) is 12.5 Å². The van der Waals surface area contributed by atoms with Gasteiger partial charge in [0.1, 0.15) is 11.6 Å². The van der Waals surface area contributed by atoms with Gasteiger partial charge in [0.05, 0.1) is 0 Å². The van der Waals surface area contributed by atoms with E-state index in [9.17, 15) is 0 Å². The van der Waals surface area contributed by atoms with E-state index in [1.165, 1.54) is 0 Å². The molecule has 3 heteroatoms. The largest absolute Gasteiger partial charge is 0.483 e. The summed E-state index contributed by atoms with van der Waals surface area (Å²) in [7, 11) is 0. The van der Waals surface area contributed by atoms with Crippen molar-refractivity contribution in [1.82, 2.24) is 0 Å². The van der Waals surface area contributed by atoms with Crippen molar-refractivity contribution in [3.63, 3.8) is 0 Å². The van der Waals surface area contributed by atoms with E-state index < -0.39 is 0 Å². The van der Waals surface area contributed by atoms with Crippen molar-refractivity contribution in [2.24, 2.45) is 5.73 Å². The second-order valence-corrected chi connectivity index (χ2v) is 2.98. The Hall–Kier alpha value is -1.51. The smallest absolute Gasteiger partial charge is 0.152 e. The van der Waals surface area contributed by atoms with Crippen molar-refractivity contribution in [3.05, 3.63) is 29.8 Å². The summed E-state index contributed by atoms with van der Waals surface area (Å²) in [5.41, 5.74) is 6.34. The summed E-state index contributed by atoms with van der Waals surface area (Å²) < 4.78 is 5.46. The van der Waals surface area contributed by atoms with Crippen molar-refractivity contribution in [1.29, 1.82) is 5.41 Å². The first-order valence-corrected chi connectivity index (χ1v) is 4.17. The fourth-order valence-corrected chi connectivity index (χ4v) is 0.943. The molecule has 0 spiro atoms. The Labute approximate surface area is 78.0 Å². The minimum atomic E-state index is -0.360. The lowest BCUT2D eigenvalue weighted by atomic mass is 10.2. The number of amidine groups is 1. The standard InChI is InChI=1S/C10H14N2O/c1-7-5-3-4-6-9(7)13-8(2)10(11)12/h3-6,8H,1-2H3,(H3,11,12). The Morgan fingerprint density at radius 3 is 2.62 bits per heavy atom. The van der Waals surface area contributed by atoms with Gasteiger partial charge in [0.25, 0.3) is 0 Å². The predicted molar refractivity (Wildman–Crippen MR) is 53.2 cm³/mol. The van der Waals surface area contributed by atoms with Crippen LogP contribution in [0.3, 0.4) is 0 Å². The molecule has 1 rings (SSSR count). The molecule has 0 fully saturated rings. The van der Waals surface area contributed by atoms with Crippen molar-refractivity contribution in [2.75, 3.05) is 0 Å². The number of aryl methyl sites for hydroxylation is 1. The van der Waals surface area contributed by atoms with E-state index in [-0.39, 0.29) is 11.9 Å². The highest BCUT2D eigenvalue weighted by Crippen LogP contribution is 2.17. The molecule has 3 N–H and O–H groups in total. The lowest BCUT2D eigenvalue weighted by molar-refractivity contribution is 0.283. The highest BCUT2D eigenvalue weighted by atomic mass is 16.5. The van der Waals surface area contributed by atoms with E-state index in [1.807, 2.05) is 31.2 Å². The first-order chi connectivity index (χ1) is 6.11. The number of hydrogen-bond acceptors (Lipinski definition) is 2. The van der Waals surface area contributed by atoms with Gasteiger partial charge in [-0.25, -0.2) is 0 Å². The van der Waals surface area contributed by atoms with Crippen LogP contribution < -0.4 is 10.5 Å². The Balaban J connectivity index is 2.74. The minimum Gasteiger partial charge on any atom is -0.483 e. The zero-order valence-electron chi connectivity index (χ0n) is 7.87. The number of nitrogens with one attached hydrogen (secondary N) is 1. The topological polar surface area (TPSA) is 59.1 Å². The van der Waals surface area contributed by atoms with E-state index >= 15 is 0 Å². The molecule has 0 aliphatic carbocycles. The molecule has 3 nitrogen and oxygen atoms in total. The lowest BCUT2D eigenvalue weighted by Gasteiger charge is -2.14. The molecule has 0 heterocycles. The molecule has 70 valence electrons. The van der Waals surface area contributed by atoms with Crippen LogP contribution in [-0.4, -0.2) is 11.9 Å². The van der Waals surface area contributed by atoms with E-state index in [1.54, 1.807) is 6.92 Å². The number of benzene rings is 1. The highest BCUT2D eigenvalue weighted by Gasteiger charge is 2.07. The Kier molecular flexibility index (Phi) is 2.90. The van der Waals surface area contributed by atoms with Crippen LogP contribution in [-0.2, 0) is 0 Å². The van der Waals surface area contributed by atoms with Crippen LogP contribution in [0.4, 0.5) is 0 Å². The van der Waals surface area contributed by atoms with Crippen molar-refractivity contribution >= 4 is 5.84 Å². The van der Waals surface area contributed by atoms with E-state index in [0.29, 0.717) is 0 Å². The number of hydrogen-bond donors (Lipinski definition) is 2. The van der Waals surface area contributed by atoms with E-state index in [4.69, 9.17) is 15.9 Å². The maximum Gasteiger partial charge on any atom is 0.152 e. The minimum absolute atomic E-state index is 0.0447. The van der Waals surface area contributed by atoms with Crippen LogP contribution in [0, 0.1) is 12.3 Å². The predicted octanol–water partition coefficient (Wildman–Crippen LogP) is 1.70. The van der Waals surface area contributed by atoms with Crippen molar-refractivity contribution in [3.8, 4) is 5.75 Å². The zero-order chi connectivity index (χ0) is 9.84. The van der Waals surface area contributed by atoms with E-state index in [2.05, 4.69) is 0 Å². The fourth-order valence-electron chi connectivity index (χ4n) is 0.943. The molecule has 0 aliphatic rings. The molecule has 0 radical (unpaired) electrons. The summed E-state index contributed by atoms with van der Waals surface area (Å²) in [5.74, 6) is 0.827. The average Bonchev–Trinajstić information content (AvgIpc) is 2.08. The summed E-state index contributed by atoms with van der Waals surface area (Å²) in [5, 5.41) is 7.17. The summed E-state index contributed by atoms with van der Waals surface area (Å²) in [6.45, 7) is 3.72. The third-order valence-electron chi connectivity index (χ3n) is 1.84. The van der Waals surface area contributed by atoms with Gasteiger partial charge in [-0.1, -0.05) is 18.2 Å². The molecule has 0 amide bonds. The maximum atomic E-state index is 7.17. The third-order valence-corrected chi connectivity index (χ3v) is 1.84. The van der Waals surface area contributed by atoms with Gasteiger partial charge in [0.15, 0.2) is 6.10 Å². The van der Waals surface area contributed by atoms with Gasteiger partial charge >= 0.3 is 0 Å². The Morgan fingerprint density at radius 1 is 1.46 bits per heavy atom. The van der Waals surface area contributed by atoms with Crippen LogP contribution in [0.25, 0.3) is 0 Å². The molecule has 1 unspecified atom stereocenters. The van der Waals surface area contributed by atoms with Gasteiger partial charge in [-0.2, -0.15) is 0 Å². The number of ether oxygens (including phenoxy) is 1.